The van der Waals surface area contributed by atoms with E-state index in [1.807, 2.05) is 0 Å². The highest BCUT2D eigenvalue weighted by Gasteiger charge is 2.47. The molecule has 0 aromatic carbocycles. The van der Waals surface area contributed by atoms with Gasteiger partial charge in [0.2, 0.25) is 0 Å². The number of urea groups is 2. The second-order valence-electron chi connectivity index (χ2n) is 4.69. The van der Waals surface area contributed by atoms with Gasteiger partial charge < -0.3 is 11.5 Å². The van der Waals surface area contributed by atoms with E-state index in [0.29, 0.717) is 10.0 Å². The normalized spacial score (nSPS) is 18.1. The molecule has 20 heavy (non-hydrogen) atoms. The molecule has 0 aromatic rings. The Morgan fingerprint density at radius 1 is 1.00 bits per heavy atom. The van der Waals surface area contributed by atoms with Gasteiger partial charge in [-0.15, -0.1) is 0 Å². The SMILES string of the molecule is NC(=O)N(N)C1(N(N)C(N)=O)CCC(C(=O)C=O)CC1. The quantitative estimate of drug-likeness (QED) is 0.117. The third-order valence-electron chi connectivity index (χ3n) is 3.68. The number of ketones is 1. The van der Waals surface area contributed by atoms with Gasteiger partial charge in [-0.25, -0.2) is 31.3 Å². The molecule has 1 aliphatic carbocycles. The summed E-state index contributed by atoms with van der Waals surface area (Å²) in [6, 6.07) is -1.97. The summed E-state index contributed by atoms with van der Waals surface area (Å²) in [6.07, 6.45) is 0.908. The number of hydrogen-bond donors (Lipinski definition) is 4. The fourth-order valence-corrected chi connectivity index (χ4v) is 2.47. The van der Waals surface area contributed by atoms with Crippen LogP contribution in [-0.4, -0.2) is 39.8 Å². The Labute approximate surface area is 114 Å². The van der Waals surface area contributed by atoms with E-state index >= 15 is 0 Å². The number of hydrazine groups is 2. The van der Waals surface area contributed by atoms with Crippen LogP contribution in [0.2, 0.25) is 0 Å². The van der Waals surface area contributed by atoms with Crippen molar-refractivity contribution in [2.45, 2.75) is 31.3 Å². The first kappa shape index (κ1) is 15.9. The highest BCUT2D eigenvalue weighted by molar-refractivity contribution is 6.25. The van der Waals surface area contributed by atoms with Gasteiger partial charge in [-0.1, -0.05) is 0 Å². The highest BCUT2D eigenvalue weighted by atomic mass is 16.2. The molecule has 1 aliphatic rings. The van der Waals surface area contributed by atoms with E-state index in [4.69, 9.17) is 23.2 Å². The van der Waals surface area contributed by atoms with Gasteiger partial charge in [0.15, 0.2) is 17.7 Å². The molecule has 10 heteroatoms. The minimum absolute atomic E-state index is 0.0934. The van der Waals surface area contributed by atoms with E-state index in [1.54, 1.807) is 0 Å². The van der Waals surface area contributed by atoms with E-state index in [0.717, 1.165) is 0 Å². The van der Waals surface area contributed by atoms with Gasteiger partial charge >= 0.3 is 12.1 Å². The molecule has 1 fully saturated rings. The Morgan fingerprint density at radius 3 is 1.70 bits per heavy atom. The largest absolute Gasteiger partial charge is 0.350 e. The van der Waals surface area contributed by atoms with Crippen LogP contribution < -0.4 is 23.2 Å². The molecule has 0 aliphatic heterocycles. The maximum absolute atomic E-state index is 11.3. The second-order valence-corrected chi connectivity index (χ2v) is 4.69. The number of primary amides is 2. The van der Waals surface area contributed by atoms with Crippen molar-refractivity contribution in [1.82, 2.24) is 10.0 Å². The molecule has 0 spiro atoms. The monoisotopic (exact) mass is 286 g/mol. The smallest absolute Gasteiger partial charge is 0.331 e. The van der Waals surface area contributed by atoms with E-state index in [1.165, 1.54) is 0 Å². The van der Waals surface area contributed by atoms with Crippen LogP contribution in [0.15, 0.2) is 0 Å². The standard InChI is InChI=1S/C10H18N6O4/c11-8(19)15(13)10(16(14)9(12)20)3-1-6(2-4-10)7(18)5-17/h5-6H,1-4,13-14H2,(H2,11,19)(H2,12,20). The summed E-state index contributed by atoms with van der Waals surface area (Å²) in [5, 5.41) is 1.28. The molecule has 0 heterocycles. The number of hydrogen-bond acceptors (Lipinski definition) is 6. The molecule has 112 valence electrons. The molecule has 0 bridgehead atoms. The summed E-state index contributed by atoms with van der Waals surface area (Å²) in [5.41, 5.74) is 8.84. The summed E-state index contributed by atoms with van der Waals surface area (Å²) < 4.78 is 0. The first-order chi connectivity index (χ1) is 9.26. The molecule has 10 nitrogen and oxygen atoms in total. The predicted molar refractivity (Wildman–Crippen MR) is 67.0 cm³/mol. The molecule has 0 saturated heterocycles. The number of aldehydes is 1. The van der Waals surface area contributed by atoms with Crippen LogP contribution in [0.25, 0.3) is 0 Å². The van der Waals surface area contributed by atoms with Gasteiger partial charge in [-0.2, -0.15) is 0 Å². The summed E-state index contributed by atoms with van der Waals surface area (Å²) in [6.45, 7) is 0. The lowest BCUT2D eigenvalue weighted by Crippen LogP contribution is -2.71. The predicted octanol–water partition coefficient (Wildman–Crippen LogP) is -1.85. The lowest BCUT2D eigenvalue weighted by atomic mass is 9.79. The number of rotatable bonds is 4. The Kier molecular flexibility index (Phi) is 4.63. The van der Waals surface area contributed by atoms with Gasteiger partial charge in [0.1, 0.15) is 0 Å². The molecular weight excluding hydrogens is 268 g/mol. The van der Waals surface area contributed by atoms with Gasteiger partial charge in [0, 0.05) is 5.92 Å². The fraction of sp³-hybridized carbons (Fsp3) is 0.600. The number of amides is 4. The van der Waals surface area contributed by atoms with Crippen molar-refractivity contribution in [3.63, 3.8) is 0 Å². The second kappa shape index (κ2) is 5.84. The van der Waals surface area contributed by atoms with Crippen molar-refractivity contribution in [3.8, 4) is 0 Å². The molecule has 1 rings (SSSR count). The molecule has 0 aromatic heterocycles. The number of nitrogens with two attached hydrogens (primary N) is 4. The van der Waals surface area contributed by atoms with Crippen molar-refractivity contribution < 1.29 is 19.2 Å². The summed E-state index contributed by atoms with van der Waals surface area (Å²) >= 11 is 0. The molecule has 0 atom stereocenters. The summed E-state index contributed by atoms with van der Waals surface area (Å²) in [5.74, 6) is 10.2. The Morgan fingerprint density at radius 2 is 1.40 bits per heavy atom. The first-order valence-corrected chi connectivity index (χ1v) is 5.94. The zero-order valence-electron chi connectivity index (χ0n) is 10.8. The Bertz CT molecular complexity index is 409. The van der Waals surface area contributed by atoms with Crippen molar-refractivity contribution in [3.05, 3.63) is 0 Å². The topological polar surface area (TPSA) is 179 Å². The molecule has 1 saturated carbocycles. The van der Waals surface area contributed by atoms with Crippen LogP contribution in [0.5, 0.6) is 0 Å². The molecular formula is C10H18N6O4. The Balaban J connectivity index is 2.99. The third-order valence-corrected chi connectivity index (χ3v) is 3.68. The Hall–Kier alpha value is -2.20. The third kappa shape index (κ3) is 2.70. The minimum atomic E-state index is -1.39. The van der Waals surface area contributed by atoms with Crippen molar-refractivity contribution in [1.29, 1.82) is 0 Å². The van der Waals surface area contributed by atoms with Crippen molar-refractivity contribution >= 4 is 24.1 Å². The van der Waals surface area contributed by atoms with Crippen LogP contribution in [0.1, 0.15) is 25.7 Å². The van der Waals surface area contributed by atoms with Crippen LogP contribution in [0, 0.1) is 5.92 Å². The van der Waals surface area contributed by atoms with E-state index in [-0.39, 0.29) is 32.0 Å². The van der Waals surface area contributed by atoms with Crippen molar-refractivity contribution in [2.24, 2.45) is 29.1 Å². The van der Waals surface area contributed by atoms with Gasteiger partial charge in [0.05, 0.1) is 0 Å². The van der Waals surface area contributed by atoms with E-state index in [2.05, 4.69) is 0 Å². The van der Waals surface area contributed by atoms with E-state index < -0.39 is 29.4 Å². The van der Waals surface area contributed by atoms with Crippen LogP contribution in [-0.2, 0) is 9.59 Å². The summed E-state index contributed by atoms with van der Waals surface area (Å²) in [4.78, 5) is 44.4. The first-order valence-electron chi connectivity index (χ1n) is 5.94. The maximum Gasteiger partial charge on any atom is 0.331 e. The number of carbonyl (C=O) groups is 4. The zero-order valence-corrected chi connectivity index (χ0v) is 10.8. The van der Waals surface area contributed by atoms with Gasteiger partial charge in [-0.3, -0.25) is 9.59 Å². The minimum Gasteiger partial charge on any atom is -0.350 e. The average molecular weight is 286 g/mol. The van der Waals surface area contributed by atoms with E-state index in [9.17, 15) is 19.2 Å². The lowest BCUT2D eigenvalue weighted by Gasteiger charge is -2.48. The maximum atomic E-state index is 11.3. The lowest BCUT2D eigenvalue weighted by molar-refractivity contribution is -0.135. The molecule has 8 N–H and O–H groups in total. The molecule has 0 unspecified atom stereocenters. The number of Topliss-reactive ketones (excluding diaryl/α,β-unsaturated/α-hetero) is 1. The fourth-order valence-electron chi connectivity index (χ4n) is 2.47. The average Bonchev–Trinajstić information content (AvgIpc) is 2.44. The van der Waals surface area contributed by atoms with Crippen molar-refractivity contribution in [2.75, 3.05) is 0 Å². The zero-order chi connectivity index (χ0) is 15.5. The summed E-state index contributed by atoms with van der Waals surface area (Å²) in [7, 11) is 0. The molecule has 0 radical (unpaired) electrons. The van der Waals surface area contributed by atoms with Crippen LogP contribution in [0.4, 0.5) is 9.59 Å². The van der Waals surface area contributed by atoms with Crippen LogP contribution in [0.3, 0.4) is 0 Å². The van der Waals surface area contributed by atoms with Gasteiger partial charge in [0.25, 0.3) is 0 Å². The number of carbonyl (C=O) groups excluding carboxylic acids is 4. The number of nitrogens with zero attached hydrogens (tertiary/aromatic N) is 2. The van der Waals surface area contributed by atoms with Gasteiger partial charge in [-0.05, 0) is 25.7 Å². The highest BCUT2D eigenvalue weighted by Crippen LogP contribution is 2.36. The van der Waals surface area contributed by atoms with Crippen LogP contribution >= 0.6 is 0 Å². The molecule has 4 amide bonds.